The molecule has 0 bridgehead atoms. The van der Waals surface area contributed by atoms with Crippen molar-refractivity contribution in [3.8, 4) is 28.7 Å². The van der Waals surface area contributed by atoms with Gasteiger partial charge < -0.3 is 25.2 Å². The summed E-state index contributed by atoms with van der Waals surface area (Å²) in [4.78, 5) is 12.7. The lowest BCUT2D eigenvalue weighted by atomic mass is 9.92. The van der Waals surface area contributed by atoms with Crippen LogP contribution in [0.15, 0.2) is 48.1 Å². The molecule has 1 atom stereocenters. The van der Waals surface area contributed by atoms with Crippen LogP contribution in [0.1, 0.15) is 55.1 Å². The van der Waals surface area contributed by atoms with Crippen LogP contribution in [0.5, 0.6) is 28.7 Å². The Kier molecular flexibility index (Phi) is 6.11. The molecule has 31 heavy (non-hydrogen) atoms. The number of fused-ring (bicyclic) bond motifs is 1. The lowest BCUT2D eigenvalue weighted by Crippen LogP contribution is -2.31. The molecule has 6 heteroatoms. The molecule has 4 N–H and O–H groups in total. The lowest BCUT2D eigenvalue weighted by Gasteiger charge is -2.32. The molecule has 0 aliphatic carbocycles. The second kappa shape index (κ2) is 8.60. The molecule has 1 heterocycles. The maximum absolute atomic E-state index is 12.7. The van der Waals surface area contributed by atoms with Crippen molar-refractivity contribution in [2.24, 2.45) is 0 Å². The standard InChI is InChI=1S/C25H26O6/c1-15(2)6-5-12-25(3)13-11-17-22(31-25)14-21(29)23(24(17)30)20(28)10-9-16-18(26)7-4-8-19(16)27/h4,6-11,13-14,26-27,29-30H,5,12H2,1-3H3/t25-/m0/s1. The molecule has 0 spiro atoms. The normalized spacial score (nSPS) is 17.3. The van der Waals surface area contributed by atoms with E-state index in [2.05, 4.69) is 6.08 Å². The fraction of sp³-hybridized carbons (Fsp3) is 0.240. The molecule has 0 unspecified atom stereocenters. The van der Waals surface area contributed by atoms with Crippen LogP contribution in [-0.2, 0) is 0 Å². The SMILES string of the molecule is CC(C)=CCC[C@@]1(C)C=Cc2c(cc(O)c(C(=O)C=Cc3c(O)cccc3O)c2O)O1. The van der Waals surface area contributed by atoms with Gasteiger partial charge in [-0.2, -0.15) is 0 Å². The van der Waals surface area contributed by atoms with Gasteiger partial charge in [0.25, 0.3) is 0 Å². The van der Waals surface area contributed by atoms with Crippen LogP contribution in [0.4, 0.5) is 0 Å². The van der Waals surface area contributed by atoms with E-state index in [1.165, 1.54) is 35.9 Å². The second-order valence-corrected chi connectivity index (χ2v) is 8.01. The summed E-state index contributed by atoms with van der Waals surface area (Å²) in [5, 5.41) is 40.7. The number of carbonyl (C=O) groups excluding carboxylic acids is 1. The molecule has 6 nitrogen and oxygen atoms in total. The molecular formula is C25H26O6. The van der Waals surface area contributed by atoms with Crippen LogP contribution in [0.25, 0.3) is 12.2 Å². The Morgan fingerprint density at radius 3 is 2.42 bits per heavy atom. The number of hydrogen-bond donors (Lipinski definition) is 4. The molecule has 1 aliphatic heterocycles. The van der Waals surface area contributed by atoms with Crippen LogP contribution < -0.4 is 4.74 Å². The van der Waals surface area contributed by atoms with E-state index < -0.39 is 22.9 Å². The summed E-state index contributed by atoms with van der Waals surface area (Å²) in [5.41, 5.74) is 0.688. The third-order valence-electron chi connectivity index (χ3n) is 5.13. The molecule has 0 saturated carbocycles. The molecule has 0 fully saturated rings. The van der Waals surface area contributed by atoms with Crippen LogP contribution in [0.3, 0.4) is 0 Å². The van der Waals surface area contributed by atoms with Crippen molar-refractivity contribution in [3.05, 3.63) is 64.8 Å². The van der Waals surface area contributed by atoms with Gasteiger partial charge in [-0.1, -0.05) is 17.7 Å². The summed E-state index contributed by atoms with van der Waals surface area (Å²) < 4.78 is 6.03. The van der Waals surface area contributed by atoms with E-state index in [0.29, 0.717) is 12.0 Å². The summed E-state index contributed by atoms with van der Waals surface area (Å²) in [7, 11) is 0. The molecule has 3 rings (SSSR count). The summed E-state index contributed by atoms with van der Waals surface area (Å²) in [6.07, 6.45) is 9.44. The van der Waals surface area contributed by atoms with Crippen LogP contribution in [-0.4, -0.2) is 31.8 Å². The maximum Gasteiger partial charge on any atom is 0.193 e. The molecule has 0 aromatic heterocycles. The van der Waals surface area contributed by atoms with Crippen molar-refractivity contribution in [2.45, 2.75) is 39.2 Å². The predicted molar refractivity (Wildman–Crippen MR) is 120 cm³/mol. The quantitative estimate of drug-likeness (QED) is 0.285. The third kappa shape index (κ3) is 4.74. The summed E-state index contributed by atoms with van der Waals surface area (Å²) >= 11 is 0. The Balaban J connectivity index is 1.89. The number of aromatic hydroxyl groups is 4. The largest absolute Gasteiger partial charge is 0.507 e. The minimum Gasteiger partial charge on any atom is -0.507 e. The van der Waals surface area contributed by atoms with E-state index in [-0.39, 0.29) is 28.4 Å². The van der Waals surface area contributed by atoms with E-state index in [0.717, 1.165) is 12.5 Å². The monoisotopic (exact) mass is 422 g/mol. The van der Waals surface area contributed by atoms with Gasteiger partial charge in [0.15, 0.2) is 5.78 Å². The molecule has 1 aliphatic rings. The van der Waals surface area contributed by atoms with E-state index in [9.17, 15) is 25.2 Å². The predicted octanol–water partition coefficient (Wildman–Crippen LogP) is 5.32. The number of ketones is 1. The van der Waals surface area contributed by atoms with Gasteiger partial charge in [0.1, 0.15) is 39.9 Å². The number of allylic oxidation sites excluding steroid dienone is 3. The Morgan fingerprint density at radius 2 is 1.77 bits per heavy atom. The number of benzene rings is 2. The average Bonchev–Trinajstić information content (AvgIpc) is 2.66. The van der Waals surface area contributed by atoms with Crippen molar-refractivity contribution in [1.82, 2.24) is 0 Å². The Bertz CT molecular complexity index is 1090. The first-order valence-corrected chi connectivity index (χ1v) is 9.95. The van der Waals surface area contributed by atoms with Gasteiger partial charge in [-0.25, -0.2) is 0 Å². The molecule has 0 amide bonds. The molecule has 2 aromatic carbocycles. The first-order valence-electron chi connectivity index (χ1n) is 9.95. The highest BCUT2D eigenvalue weighted by Crippen LogP contribution is 2.44. The Labute approximate surface area is 181 Å². The fourth-order valence-electron chi connectivity index (χ4n) is 3.42. The van der Waals surface area contributed by atoms with Crippen molar-refractivity contribution in [1.29, 1.82) is 0 Å². The number of phenolic OH excluding ortho intramolecular Hbond substituents is 4. The van der Waals surface area contributed by atoms with E-state index in [1.807, 2.05) is 26.8 Å². The molecule has 0 saturated heterocycles. The van der Waals surface area contributed by atoms with Gasteiger partial charge in [-0.15, -0.1) is 0 Å². The zero-order valence-corrected chi connectivity index (χ0v) is 17.7. The zero-order valence-electron chi connectivity index (χ0n) is 17.7. The average molecular weight is 422 g/mol. The van der Waals surface area contributed by atoms with Gasteiger partial charge in [-0.3, -0.25) is 4.79 Å². The zero-order chi connectivity index (χ0) is 22.8. The number of rotatable bonds is 6. The number of carbonyl (C=O) groups is 1. The lowest BCUT2D eigenvalue weighted by molar-refractivity contribution is 0.104. The van der Waals surface area contributed by atoms with E-state index in [4.69, 9.17) is 4.74 Å². The first kappa shape index (κ1) is 22.0. The number of hydrogen-bond acceptors (Lipinski definition) is 6. The summed E-state index contributed by atoms with van der Waals surface area (Å²) in [6.45, 7) is 5.97. The number of ether oxygens (including phenoxy) is 1. The van der Waals surface area contributed by atoms with Crippen LogP contribution >= 0.6 is 0 Å². The van der Waals surface area contributed by atoms with Crippen LogP contribution in [0, 0.1) is 0 Å². The first-order chi connectivity index (χ1) is 14.6. The van der Waals surface area contributed by atoms with Crippen molar-refractivity contribution < 1.29 is 30.0 Å². The van der Waals surface area contributed by atoms with Crippen LogP contribution in [0.2, 0.25) is 0 Å². The smallest absolute Gasteiger partial charge is 0.193 e. The highest BCUT2D eigenvalue weighted by Gasteiger charge is 2.30. The topological polar surface area (TPSA) is 107 Å². The molecular weight excluding hydrogens is 396 g/mol. The van der Waals surface area contributed by atoms with Crippen molar-refractivity contribution in [2.75, 3.05) is 0 Å². The van der Waals surface area contributed by atoms with Gasteiger partial charge in [0, 0.05) is 6.07 Å². The van der Waals surface area contributed by atoms with E-state index >= 15 is 0 Å². The molecule has 0 radical (unpaired) electrons. The third-order valence-corrected chi connectivity index (χ3v) is 5.13. The molecule has 2 aromatic rings. The maximum atomic E-state index is 12.7. The highest BCUT2D eigenvalue weighted by atomic mass is 16.5. The van der Waals surface area contributed by atoms with E-state index in [1.54, 1.807) is 6.08 Å². The van der Waals surface area contributed by atoms with Crippen molar-refractivity contribution in [3.63, 3.8) is 0 Å². The fourth-order valence-corrected chi connectivity index (χ4v) is 3.42. The minimum absolute atomic E-state index is 0.0585. The second-order valence-electron chi connectivity index (χ2n) is 8.01. The number of phenols is 4. The highest BCUT2D eigenvalue weighted by molar-refractivity contribution is 6.11. The van der Waals surface area contributed by atoms with Gasteiger partial charge in [-0.05, 0) is 70.0 Å². The van der Waals surface area contributed by atoms with Gasteiger partial charge in [0.05, 0.1) is 11.1 Å². The summed E-state index contributed by atoms with van der Waals surface area (Å²) in [6, 6.07) is 5.52. The Hall–Kier alpha value is -3.67. The van der Waals surface area contributed by atoms with Gasteiger partial charge in [0.2, 0.25) is 0 Å². The van der Waals surface area contributed by atoms with Crippen molar-refractivity contribution >= 4 is 17.9 Å². The summed E-state index contributed by atoms with van der Waals surface area (Å²) in [5.74, 6) is -1.62. The Morgan fingerprint density at radius 1 is 1.10 bits per heavy atom. The van der Waals surface area contributed by atoms with Gasteiger partial charge >= 0.3 is 0 Å². The minimum atomic E-state index is -0.689. The molecule has 162 valence electrons.